The highest BCUT2D eigenvalue weighted by molar-refractivity contribution is 5.70. The highest BCUT2D eigenvalue weighted by Crippen LogP contribution is 2.50. The molecule has 0 fully saturated rings. The predicted octanol–water partition coefficient (Wildman–Crippen LogP) is 4.66. The fourth-order valence-electron chi connectivity index (χ4n) is 5.16. The molecular weight excluding hydrogens is 544 g/mol. The zero-order chi connectivity index (χ0) is 29.6. The predicted molar refractivity (Wildman–Crippen MR) is 147 cm³/mol. The number of fused-ring (bicyclic) bond motifs is 2. The van der Waals surface area contributed by atoms with Crippen molar-refractivity contribution in [1.82, 2.24) is 0 Å². The van der Waals surface area contributed by atoms with E-state index in [-0.39, 0.29) is 23.7 Å². The number of carbonyl (C=O) groups is 2. The number of esters is 2. The topological polar surface area (TPSA) is 141 Å². The van der Waals surface area contributed by atoms with Gasteiger partial charge in [0.2, 0.25) is 0 Å². The Kier molecular flexibility index (Phi) is 6.62. The number of ether oxygens (including phenoxy) is 5. The van der Waals surface area contributed by atoms with Crippen LogP contribution in [0.15, 0.2) is 78.9 Å². The summed E-state index contributed by atoms with van der Waals surface area (Å²) in [4.78, 5) is 22.8. The van der Waals surface area contributed by atoms with Crippen LogP contribution in [0, 0.1) is 0 Å². The van der Waals surface area contributed by atoms with Crippen molar-refractivity contribution < 1.29 is 48.6 Å². The van der Waals surface area contributed by atoms with Gasteiger partial charge in [-0.3, -0.25) is 9.59 Å². The van der Waals surface area contributed by atoms with Gasteiger partial charge in [-0.25, -0.2) is 0 Å². The van der Waals surface area contributed by atoms with Crippen molar-refractivity contribution in [3.05, 3.63) is 101 Å². The average molecular weight is 571 g/mol. The van der Waals surface area contributed by atoms with Gasteiger partial charge in [0.25, 0.3) is 0 Å². The van der Waals surface area contributed by atoms with Crippen LogP contribution >= 0.6 is 0 Å². The van der Waals surface area contributed by atoms with E-state index in [0.717, 1.165) is 0 Å². The van der Waals surface area contributed by atoms with E-state index in [0.29, 0.717) is 45.3 Å². The van der Waals surface area contributed by atoms with E-state index in [2.05, 4.69) is 0 Å². The molecule has 0 bridgehead atoms. The number of phenolic OH excluding ortho intramolecular Hbond substituents is 2. The van der Waals surface area contributed by atoms with Gasteiger partial charge < -0.3 is 39.0 Å². The van der Waals surface area contributed by atoms with Crippen LogP contribution in [0.2, 0.25) is 0 Å². The third-order valence-electron chi connectivity index (χ3n) is 6.98. The Hall–Kier alpha value is -5.22. The summed E-state index contributed by atoms with van der Waals surface area (Å²) in [7, 11) is 0. The van der Waals surface area contributed by atoms with Crippen LogP contribution in [-0.4, -0.2) is 33.4 Å². The molecule has 42 heavy (non-hydrogen) atoms. The van der Waals surface area contributed by atoms with Gasteiger partial charge in [-0.1, -0.05) is 6.07 Å². The number of carbonyl (C=O) groups excluding carboxylic acids is 2. The number of aliphatic hydroxyl groups excluding tert-OH is 1. The summed E-state index contributed by atoms with van der Waals surface area (Å²) in [5.74, 6) is -0.895. The largest absolute Gasteiger partial charge is 0.508 e. The lowest BCUT2D eigenvalue weighted by Crippen LogP contribution is -2.36. The van der Waals surface area contributed by atoms with Gasteiger partial charge in [-0.05, 0) is 66.2 Å². The number of aliphatic hydroxyl groups is 1. The van der Waals surface area contributed by atoms with Gasteiger partial charge in [-0.2, -0.15) is 0 Å². The third kappa shape index (κ3) is 4.92. The van der Waals surface area contributed by atoms with Crippen LogP contribution in [0.25, 0.3) is 0 Å². The summed E-state index contributed by atoms with van der Waals surface area (Å²) < 4.78 is 29.4. The molecule has 0 radical (unpaired) electrons. The van der Waals surface area contributed by atoms with Gasteiger partial charge in [0, 0.05) is 49.1 Å². The number of hydrogen-bond donors (Lipinski definition) is 3. The monoisotopic (exact) mass is 570 g/mol. The van der Waals surface area contributed by atoms with Gasteiger partial charge >= 0.3 is 17.7 Å². The van der Waals surface area contributed by atoms with Gasteiger partial charge in [-0.15, -0.1) is 0 Å². The second-order valence-electron chi connectivity index (χ2n) is 10.0. The minimum Gasteiger partial charge on any atom is -0.508 e. The van der Waals surface area contributed by atoms with Crippen LogP contribution in [0.3, 0.4) is 0 Å². The van der Waals surface area contributed by atoms with E-state index in [1.165, 1.54) is 26.0 Å². The molecule has 4 aromatic carbocycles. The molecule has 0 amide bonds. The molecule has 10 nitrogen and oxygen atoms in total. The Morgan fingerprint density at radius 3 is 1.90 bits per heavy atom. The Balaban J connectivity index is 1.36. The van der Waals surface area contributed by atoms with Gasteiger partial charge in [0.05, 0.1) is 6.10 Å². The summed E-state index contributed by atoms with van der Waals surface area (Å²) in [6.07, 6.45) is -1.68. The van der Waals surface area contributed by atoms with Crippen molar-refractivity contribution in [1.29, 1.82) is 0 Å². The zero-order valence-corrected chi connectivity index (χ0v) is 22.6. The molecule has 0 spiro atoms. The van der Waals surface area contributed by atoms with E-state index in [1.807, 2.05) is 0 Å². The molecule has 4 aromatic rings. The molecule has 2 aliphatic heterocycles. The molecule has 214 valence electrons. The van der Waals surface area contributed by atoms with E-state index in [4.69, 9.17) is 23.7 Å². The average Bonchev–Trinajstić information content (AvgIpc) is 3.33. The minimum absolute atomic E-state index is 0.119. The van der Waals surface area contributed by atoms with E-state index < -0.39 is 29.9 Å². The molecule has 2 unspecified atom stereocenters. The molecule has 6 rings (SSSR count). The van der Waals surface area contributed by atoms with Gasteiger partial charge in [0.15, 0.2) is 11.5 Å². The Labute approximate surface area is 240 Å². The Morgan fingerprint density at radius 1 is 0.762 bits per heavy atom. The second-order valence-corrected chi connectivity index (χ2v) is 10.0. The van der Waals surface area contributed by atoms with Crippen LogP contribution in [0.5, 0.6) is 40.2 Å². The smallest absolute Gasteiger partial charge is 0.308 e. The van der Waals surface area contributed by atoms with Crippen molar-refractivity contribution in [3.8, 4) is 40.2 Å². The number of phenols is 2. The van der Waals surface area contributed by atoms with Crippen molar-refractivity contribution in [2.45, 2.75) is 38.3 Å². The molecular formula is C32H26O10. The fraction of sp³-hybridized carbons (Fsp3) is 0.188. The van der Waals surface area contributed by atoms with E-state index in [1.54, 1.807) is 66.7 Å². The third-order valence-corrected chi connectivity index (χ3v) is 6.98. The molecule has 3 N–H and O–H groups in total. The fourth-order valence-corrected chi connectivity index (χ4v) is 5.16. The highest BCUT2D eigenvalue weighted by atomic mass is 16.7. The van der Waals surface area contributed by atoms with Crippen LogP contribution < -0.4 is 23.7 Å². The van der Waals surface area contributed by atoms with Crippen LogP contribution in [0.1, 0.15) is 42.2 Å². The molecule has 0 aliphatic carbocycles. The van der Waals surface area contributed by atoms with Crippen molar-refractivity contribution in [3.63, 3.8) is 0 Å². The summed E-state index contributed by atoms with van der Waals surface area (Å²) >= 11 is 0. The van der Waals surface area contributed by atoms with Crippen molar-refractivity contribution >= 4 is 11.9 Å². The molecule has 2 aliphatic rings. The van der Waals surface area contributed by atoms with Crippen molar-refractivity contribution in [2.75, 3.05) is 0 Å². The van der Waals surface area contributed by atoms with Gasteiger partial charge in [0.1, 0.15) is 34.9 Å². The number of benzene rings is 4. The minimum atomic E-state index is -1.46. The van der Waals surface area contributed by atoms with E-state index in [9.17, 15) is 24.9 Å². The summed E-state index contributed by atoms with van der Waals surface area (Å²) in [6.45, 7) is 2.63. The number of aromatic hydroxyl groups is 2. The standard InChI is InChI=1S/C32H26O10/c1-17(33)38-23-8-4-20(5-9-23)32(21-6-10-24(11-7-21)39-18(2)34)41-28-12-3-19(13-30(28)42-32)31-27(37)16-25-26(36)14-22(35)15-29(25)40-31/h3-15,27,31,35-37H,16H2,1-2H3. The molecule has 0 aromatic heterocycles. The first kappa shape index (κ1) is 27.0. The van der Waals surface area contributed by atoms with Crippen molar-refractivity contribution in [2.24, 2.45) is 0 Å². The first-order chi connectivity index (χ1) is 20.1. The lowest BCUT2D eigenvalue weighted by atomic mass is 9.94. The normalized spacial score (nSPS) is 18.0. The Bertz CT molecular complexity index is 1620. The lowest BCUT2D eigenvalue weighted by molar-refractivity contribution is -0.132. The summed E-state index contributed by atoms with van der Waals surface area (Å²) in [5, 5.41) is 31.0. The van der Waals surface area contributed by atoms with Crippen LogP contribution in [-0.2, 0) is 21.8 Å². The highest BCUT2D eigenvalue weighted by Gasteiger charge is 2.46. The maximum atomic E-state index is 11.4. The maximum Gasteiger partial charge on any atom is 0.308 e. The summed E-state index contributed by atoms with van der Waals surface area (Å²) in [5.41, 5.74) is 2.17. The quantitative estimate of drug-likeness (QED) is 0.229. The Morgan fingerprint density at radius 2 is 1.33 bits per heavy atom. The molecule has 0 saturated carbocycles. The zero-order valence-electron chi connectivity index (χ0n) is 22.6. The SMILES string of the molecule is CC(=O)Oc1ccc(C2(c3ccc(OC(C)=O)cc3)Oc3ccc(C4Oc5cc(O)cc(O)c5CC4O)cc3O2)cc1. The van der Waals surface area contributed by atoms with E-state index >= 15 is 0 Å². The molecule has 2 heterocycles. The summed E-state index contributed by atoms with van der Waals surface area (Å²) in [6, 6.07) is 21.1. The second kappa shape index (κ2) is 10.3. The molecule has 10 heteroatoms. The molecule has 0 saturated heterocycles. The number of hydrogen-bond acceptors (Lipinski definition) is 10. The first-order valence-corrected chi connectivity index (χ1v) is 13.1. The number of rotatable bonds is 5. The van der Waals surface area contributed by atoms with Crippen LogP contribution in [0.4, 0.5) is 0 Å². The lowest BCUT2D eigenvalue weighted by Gasteiger charge is -2.31. The maximum absolute atomic E-state index is 11.4. The molecule has 2 atom stereocenters. The first-order valence-electron chi connectivity index (χ1n) is 13.1.